The third kappa shape index (κ3) is 5.75. The van der Waals surface area contributed by atoms with Crippen LogP contribution in [0.5, 0.6) is 0 Å². The molecule has 5 heteroatoms. The largest absolute Gasteiger partial charge is 0.467 e. The molecule has 0 aromatic carbocycles. The molecule has 0 spiro atoms. The maximum Gasteiger partial charge on any atom is 0.220 e. The van der Waals surface area contributed by atoms with E-state index in [0.29, 0.717) is 32.1 Å². The highest BCUT2D eigenvalue weighted by Gasteiger charge is 2.16. The minimum Gasteiger partial charge on any atom is -0.467 e. The molecule has 112 valence electrons. The van der Waals surface area contributed by atoms with Crippen molar-refractivity contribution in [1.82, 2.24) is 10.6 Å². The minimum absolute atomic E-state index is 0.169. The maximum absolute atomic E-state index is 11.7. The monoisotopic (exact) mass is 280 g/mol. The van der Waals surface area contributed by atoms with Crippen molar-refractivity contribution in [3.8, 4) is 0 Å². The van der Waals surface area contributed by atoms with Crippen molar-refractivity contribution in [2.24, 2.45) is 5.92 Å². The SMILES string of the molecule is O=C(CC1CCNCC1)NCCCOCc1ccco1. The number of nitrogens with one attached hydrogen (secondary N) is 2. The topological polar surface area (TPSA) is 63.5 Å². The zero-order valence-electron chi connectivity index (χ0n) is 11.9. The Bertz CT molecular complexity index is 372. The molecule has 0 atom stereocenters. The Morgan fingerprint density at radius 3 is 3.05 bits per heavy atom. The van der Waals surface area contributed by atoms with Crippen LogP contribution in [0.4, 0.5) is 0 Å². The third-order valence-electron chi connectivity index (χ3n) is 3.54. The van der Waals surface area contributed by atoms with Crippen LogP contribution in [0.1, 0.15) is 31.4 Å². The van der Waals surface area contributed by atoms with Gasteiger partial charge in [0.1, 0.15) is 12.4 Å². The minimum atomic E-state index is 0.169. The number of amides is 1. The number of carbonyl (C=O) groups excluding carboxylic acids is 1. The first kappa shape index (κ1) is 15.1. The summed E-state index contributed by atoms with van der Waals surface area (Å²) in [5, 5.41) is 6.27. The number of hydrogen-bond donors (Lipinski definition) is 2. The molecule has 1 aliphatic rings. The van der Waals surface area contributed by atoms with Gasteiger partial charge in [-0.2, -0.15) is 0 Å². The fraction of sp³-hybridized carbons (Fsp3) is 0.667. The summed E-state index contributed by atoms with van der Waals surface area (Å²) in [5.74, 6) is 1.55. The van der Waals surface area contributed by atoms with E-state index in [1.165, 1.54) is 0 Å². The molecule has 20 heavy (non-hydrogen) atoms. The lowest BCUT2D eigenvalue weighted by Gasteiger charge is -2.21. The molecule has 0 saturated carbocycles. The Kier molecular flexibility index (Phi) is 6.60. The lowest BCUT2D eigenvalue weighted by Crippen LogP contribution is -2.32. The molecular formula is C15H24N2O3. The molecule has 1 fully saturated rings. The van der Waals surface area contributed by atoms with Crippen LogP contribution in [-0.4, -0.2) is 32.1 Å². The van der Waals surface area contributed by atoms with Crippen molar-refractivity contribution in [1.29, 1.82) is 0 Å². The Balaban J connectivity index is 1.45. The highest BCUT2D eigenvalue weighted by molar-refractivity contribution is 5.76. The molecule has 1 aliphatic heterocycles. The Hall–Kier alpha value is -1.33. The van der Waals surface area contributed by atoms with Gasteiger partial charge in [0.2, 0.25) is 5.91 Å². The molecule has 0 aliphatic carbocycles. The first-order chi connectivity index (χ1) is 9.84. The summed E-state index contributed by atoms with van der Waals surface area (Å²) >= 11 is 0. The van der Waals surface area contributed by atoms with Crippen molar-refractivity contribution in [2.45, 2.75) is 32.3 Å². The van der Waals surface area contributed by atoms with Crippen LogP contribution in [0.3, 0.4) is 0 Å². The molecule has 0 radical (unpaired) electrons. The zero-order chi connectivity index (χ0) is 14.0. The van der Waals surface area contributed by atoms with E-state index in [2.05, 4.69) is 10.6 Å². The summed E-state index contributed by atoms with van der Waals surface area (Å²) in [6.45, 7) is 3.89. The average molecular weight is 280 g/mol. The second-order valence-electron chi connectivity index (χ2n) is 5.23. The molecule has 1 aromatic rings. The maximum atomic E-state index is 11.7. The van der Waals surface area contributed by atoms with Gasteiger partial charge in [0, 0.05) is 19.6 Å². The van der Waals surface area contributed by atoms with Crippen LogP contribution in [0.15, 0.2) is 22.8 Å². The van der Waals surface area contributed by atoms with E-state index >= 15 is 0 Å². The number of piperidine rings is 1. The zero-order valence-corrected chi connectivity index (χ0v) is 11.9. The Labute approximate surface area is 120 Å². The van der Waals surface area contributed by atoms with Gasteiger partial charge in [0.15, 0.2) is 0 Å². The summed E-state index contributed by atoms with van der Waals surface area (Å²) < 4.78 is 10.6. The third-order valence-corrected chi connectivity index (χ3v) is 3.54. The molecule has 2 rings (SSSR count). The van der Waals surface area contributed by atoms with Crippen molar-refractivity contribution >= 4 is 5.91 Å². The average Bonchev–Trinajstić information content (AvgIpc) is 2.97. The highest BCUT2D eigenvalue weighted by Crippen LogP contribution is 2.15. The lowest BCUT2D eigenvalue weighted by atomic mass is 9.94. The van der Waals surface area contributed by atoms with Gasteiger partial charge >= 0.3 is 0 Å². The summed E-state index contributed by atoms with van der Waals surface area (Å²) in [6, 6.07) is 3.74. The second-order valence-corrected chi connectivity index (χ2v) is 5.23. The molecule has 0 unspecified atom stereocenters. The molecule has 5 nitrogen and oxygen atoms in total. The normalized spacial score (nSPS) is 16.2. The molecule has 1 amide bonds. The molecule has 1 saturated heterocycles. The standard InChI is InChI=1S/C15H24N2O3/c18-15(11-13-4-7-16-8-5-13)17-6-2-9-19-12-14-3-1-10-20-14/h1,3,10,13,16H,2,4-9,11-12H2,(H,17,18). The number of rotatable bonds is 8. The van der Waals surface area contributed by atoms with Gasteiger partial charge in [-0.05, 0) is 50.4 Å². The summed E-state index contributed by atoms with van der Waals surface area (Å²) in [5.41, 5.74) is 0. The van der Waals surface area contributed by atoms with Crippen molar-refractivity contribution in [3.05, 3.63) is 24.2 Å². The van der Waals surface area contributed by atoms with E-state index in [1.807, 2.05) is 12.1 Å². The van der Waals surface area contributed by atoms with Crippen LogP contribution >= 0.6 is 0 Å². The Morgan fingerprint density at radius 2 is 2.30 bits per heavy atom. The van der Waals surface area contributed by atoms with Crippen molar-refractivity contribution < 1.29 is 13.9 Å². The highest BCUT2D eigenvalue weighted by atomic mass is 16.5. The fourth-order valence-corrected chi connectivity index (χ4v) is 2.39. The van der Waals surface area contributed by atoms with Gasteiger partial charge in [-0.25, -0.2) is 0 Å². The van der Waals surface area contributed by atoms with E-state index in [1.54, 1.807) is 6.26 Å². The Morgan fingerprint density at radius 1 is 1.45 bits per heavy atom. The smallest absolute Gasteiger partial charge is 0.220 e. The molecular weight excluding hydrogens is 256 g/mol. The van der Waals surface area contributed by atoms with Gasteiger partial charge < -0.3 is 19.8 Å². The predicted octanol–water partition coefficient (Wildman–Crippen LogP) is 1.69. The first-order valence-corrected chi connectivity index (χ1v) is 7.42. The number of furan rings is 1. The molecule has 0 bridgehead atoms. The number of carbonyl (C=O) groups is 1. The summed E-state index contributed by atoms with van der Waals surface area (Å²) in [7, 11) is 0. The van der Waals surface area contributed by atoms with Crippen LogP contribution in [0.25, 0.3) is 0 Å². The van der Waals surface area contributed by atoms with E-state index in [4.69, 9.17) is 9.15 Å². The van der Waals surface area contributed by atoms with Crippen LogP contribution < -0.4 is 10.6 Å². The number of hydrogen-bond acceptors (Lipinski definition) is 4. The van der Waals surface area contributed by atoms with E-state index < -0.39 is 0 Å². The van der Waals surface area contributed by atoms with Gasteiger partial charge in [0.05, 0.1) is 6.26 Å². The van der Waals surface area contributed by atoms with Crippen LogP contribution in [-0.2, 0) is 16.1 Å². The molecule has 1 aromatic heterocycles. The summed E-state index contributed by atoms with van der Waals surface area (Å²) in [6.07, 6.45) is 5.35. The predicted molar refractivity (Wildman–Crippen MR) is 76.2 cm³/mol. The van der Waals surface area contributed by atoms with Gasteiger partial charge in [-0.1, -0.05) is 0 Å². The quantitative estimate of drug-likeness (QED) is 0.711. The van der Waals surface area contributed by atoms with Crippen molar-refractivity contribution in [2.75, 3.05) is 26.2 Å². The van der Waals surface area contributed by atoms with Crippen molar-refractivity contribution in [3.63, 3.8) is 0 Å². The molecule has 2 heterocycles. The lowest BCUT2D eigenvalue weighted by molar-refractivity contribution is -0.122. The molecule has 2 N–H and O–H groups in total. The van der Waals surface area contributed by atoms with E-state index in [-0.39, 0.29) is 5.91 Å². The first-order valence-electron chi connectivity index (χ1n) is 7.42. The second kappa shape index (κ2) is 8.76. The van der Waals surface area contributed by atoms with Crippen LogP contribution in [0, 0.1) is 5.92 Å². The van der Waals surface area contributed by atoms with E-state index in [0.717, 1.165) is 38.1 Å². The fourth-order valence-electron chi connectivity index (χ4n) is 2.39. The number of ether oxygens (including phenoxy) is 1. The van der Waals surface area contributed by atoms with Gasteiger partial charge in [-0.3, -0.25) is 4.79 Å². The summed E-state index contributed by atoms with van der Waals surface area (Å²) in [4.78, 5) is 11.7. The van der Waals surface area contributed by atoms with Gasteiger partial charge in [-0.15, -0.1) is 0 Å². The van der Waals surface area contributed by atoms with E-state index in [9.17, 15) is 4.79 Å². The van der Waals surface area contributed by atoms with Crippen LogP contribution in [0.2, 0.25) is 0 Å². The van der Waals surface area contributed by atoms with Gasteiger partial charge in [0.25, 0.3) is 0 Å².